The Bertz CT molecular complexity index is 1920. The van der Waals surface area contributed by atoms with Gasteiger partial charge in [-0.05, 0) is 107 Å². The molecular weight excluding hydrogens is 693 g/mol. The fourth-order valence-corrected chi connectivity index (χ4v) is 6.97. The van der Waals surface area contributed by atoms with E-state index >= 15 is 0 Å². The van der Waals surface area contributed by atoms with Crippen LogP contribution in [-0.2, 0) is 31.7 Å². The van der Waals surface area contributed by atoms with Gasteiger partial charge < -0.3 is 19.7 Å². The molecule has 0 saturated carbocycles. The van der Waals surface area contributed by atoms with E-state index in [1.807, 2.05) is 19.9 Å². The van der Waals surface area contributed by atoms with Gasteiger partial charge in [0, 0.05) is 24.3 Å². The molecule has 13 nitrogen and oxygen atoms in total. The fourth-order valence-electron chi connectivity index (χ4n) is 6.05. The number of tetrazole rings is 1. The third kappa shape index (κ3) is 9.14. The predicted molar refractivity (Wildman–Crippen MR) is 207 cm³/mol. The molecule has 0 radical (unpaired) electrons. The third-order valence-corrected chi connectivity index (χ3v) is 11.3. The highest BCUT2D eigenvalue weighted by atomic mass is 32.2. The minimum absolute atomic E-state index is 0.0234. The summed E-state index contributed by atoms with van der Waals surface area (Å²) in [6.45, 7) is 18.9. The second-order valence-corrected chi connectivity index (χ2v) is 15.8. The highest BCUT2D eigenvalue weighted by Crippen LogP contribution is 2.39. The maximum Gasteiger partial charge on any atom is 0.327 e. The number of ether oxygens (including phenoxy) is 2. The molecule has 4 aromatic rings. The molecule has 1 fully saturated rings. The average molecular weight is 747 g/mol. The lowest BCUT2D eigenvalue weighted by Gasteiger charge is -2.31. The summed E-state index contributed by atoms with van der Waals surface area (Å²) in [6, 6.07) is 13.5. The SMILES string of the molecule is CCCOC(=O)Cn1nnnc1Sc1c(N2CCCC2)[nH]n(-c2ccc(NC(=O)C(CC)Oc3ccc(C(C)(C)CC)cc3C(C)(C)CC)cc2)c1=O. The van der Waals surface area contributed by atoms with Gasteiger partial charge in [0.1, 0.15) is 23.0 Å². The van der Waals surface area contributed by atoms with Gasteiger partial charge in [-0.1, -0.05) is 67.5 Å². The number of carbonyl (C=O) groups is 2. The summed E-state index contributed by atoms with van der Waals surface area (Å²) in [7, 11) is 0. The lowest BCUT2D eigenvalue weighted by molar-refractivity contribution is -0.144. The summed E-state index contributed by atoms with van der Waals surface area (Å²) in [5.74, 6) is 0.690. The summed E-state index contributed by atoms with van der Waals surface area (Å²) in [5, 5.41) is 18.4. The molecule has 0 spiro atoms. The topological polar surface area (TPSA) is 149 Å². The number of aromatic amines is 1. The van der Waals surface area contributed by atoms with Crippen molar-refractivity contribution in [1.29, 1.82) is 0 Å². The second-order valence-electron chi connectivity index (χ2n) is 14.8. The number of benzene rings is 2. The van der Waals surface area contributed by atoms with E-state index in [1.165, 1.54) is 14.9 Å². The third-order valence-electron chi connectivity index (χ3n) is 10.3. The van der Waals surface area contributed by atoms with Crippen LogP contribution in [0.15, 0.2) is 57.3 Å². The normalized spacial score (nSPS) is 14.0. The van der Waals surface area contributed by atoms with E-state index in [-0.39, 0.29) is 28.8 Å². The standard InChI is InChI=1S/C39H54N8O5S/c1-9-23-51-32(48)25-46-37(41-43-44-46)53-33-34(45-21-13-14-22-45)42-47(36(33)50)28-18-16-27(17-19-28)40-35(49)30(10-2)52-31-20-15-26(38(5,6)11-3)24-29(31)39(7,8)12-4/h15-20,24,30,42H,9-14,21-23,25H2,1-8H3,(H,40,49). The molecule has 1 aliphatic heterocycles. The highest BCUT2D eigenvalue weighted by molar-refractivity contribution is 7.99. The van der Waals surface area contributed by atoms with Crippen LogP contribution in [0.1, 0.15) is 105 Å². The van der Waals surface area contributed by atoms with E-state index < -0.39 is 12.1 Å². The first-order valence-corrected chi connectivity index (χ1v) is 19.6. The maximum absolute atomic E-state index is 14.0. The number of amides is 1. The van der Waals surface area contributed by atoms with E-state index in [0.717, 1.165) is 61.8 Å². The number of esters is 1. The van der Waals surface area contributed by atoms with E-state index in [1.54, 1.807) is 24.3 Å². The van der Waals surface area contributed by atoms with Gasteiger partial charge in [-0.3, -0.25) is 19.5 Å². The minimum Gasteiger partial charge on any atom is -0.480 e. The molecule has 14 heteroatoms. The Morgan fingerprint density at radius 2 is 1.68 bits per heavy atom. The van der Waals surface area contributed by atoms with Crippen LogP contribution in [0.5, 0.6) is 5.75 Å². The monoisotopic (exact) mass is 746 g/mol. The van der Waals surface area contributed by atoms with Gasteiger partial charge in [-0.15, -0.1) is 5.10 Å². The van der Waals surface area contributed by atoms with Crippen LogP contribution in [-0.4, -0.2) is 67.7 Å². The van der Waals surface area contributed by atoms with Crippen LogP contribution >= 0.6 is 11.8 Å². The largest absolute Gasteiger partial charge is 0.480 e. The number of nitrogens with zero attached hydrogens (tertiary/aromatic N) is 6. The molecule has 2 aromatic carbocycles. The zero-order valence-electron chi connectivity index (χ0n) is 32.3. The first kappa shape index (κ1) is 39.6. The van der Waals surface area contributed by atoms with Crippen LogP contribution in [0.4, 0.5) is 11.5 Å². The molecule has 2 N–H and O–H groups in total. The van der Waals surface area contributed by atoms with Crippen molar-refractivity contribution in [3.05, 3.63) is 63.9 Å². The Labute approximate surface area is 316 Å². The first-order chi connectivity index (χ1) is 25.3. The molecule has 5 rings (SSSR count). The Hall–Kier alpha value is -4.59. The molecule has 0 bridgehead atoms. The molecule has 1 unspecified atom stereocenters. The molecule has 1 aliphatic rings. The summed E-state index contributed by atoms with van der Waals surface area (Å²) >= 11 is 1.11. The number of nitrogens with one attached hydrogen (secondary N) is 2. The quantitative estimate of drug-likeness (QED) is 0.108. The van der Waals surface area contributed by atoms with Crippen molar-refractivity contribution < 1.29 is 19.1 Å². The van der Waals surface area contributed by atoms with Gasteiger partial charge in [0.15, 0.2) is 6.10 Å². The van der Waals surface area contributed by atoms with Crippen molar-refractivity contribution in [3.63, 3.8) is 0 Å². The minimum atomic E-state index is -0.704. The lowest BCUT2D eigenvalue weighted by Crippen LogP contribution is -2.33. The van der Waals surface area contributed by atoms with Crippen LogP contribution < -0.4 is 20.5 Å². The first-order valence-electron chi connectivity index (χ1n) is 18.7. The second kappa shape index (κ2) is 17.0. The number of H-pyrrole nitrogens is 1. The van der Waals surface area contributed by atoms with Crippen molar-refractivity contribution in [2.75, 3.05) is 29.9 Å². The Balaban J connectivity index is 1.35. The van der Waals surface area contributed by atoms with Crippen molar-refractivity contribution in [3.8, 4) is 11.4 Å². The van der Waals surface area contributed by atoms with Gasteiger partial charge in [0.2, 0.25) is 5.16 Å². The number of hydrogen-bond acceptors (Lipinski definition) is 10. The van der Waals surface area contributed by atoms with E-state index in [0.29, 0.717) is 46.7 Å². The Morgan fingerprint density at radius 1 is 0.981 bits per heavy atom. The average Bonchev–Trinajstić information content (AvgIpc) is 3.91. The number of carbonyl (C=O) groups excluding carboxylic acids is 2. The number of aromatic nitrogens is 6. The van der Waals surface area contributed by atoms with Crippen molar-refractivity contribution in [2.24, 2.45) is 0 Å². The van der Waals surface area contributed by atoms with E-state index in [9.17, 15) is 14.4 Å². The van der Waals surface area contributed by atoms with Gasteiger partial charge in [-0.25, -0.2) is 9.36 Å². The van der Waals surface area contributed by atoms with Crippen LogP contribution in [0, 0.1) is 0 Å². The molecular formula is C39H54N8O5S. The smallest absolute Gasteiger partial charge is 0.327 e. The van der Waals surface area contributed by atoms with Gasteiger partial charge >= 0.3 is 5.97 Å². The van der Waals surface area contributed by atoms with Gasteiger partial charge in [0.25, 0.3) is 11.5 Å². The summed E-state index contributed by atoms with van der Waals surface area (Å²) in [5.41, 5.74) is 3.13. The zero-order valence-corrected chi connectivity index (χ0v) is 33.1. The summed E-state index contributed by atoms with van der Waals surface area (Å²) in [6.07, 6.45) is 4.44. The fraction of sp³-hybridized carbons (Fsp3) is 0.538. The van der Waals surface area contributed by atoms with Crippen LogP contribution in [0.3, 0.4) is 0 Å². The number of anilines is 2. The van der Waals surface area contributed by atoms with Gasteiger partial charge in [0.05, 0.1) is 12.3 Å². The molecule has 286 valence electrons. The van der Waals surface area contributed by atoms with Crippen LogP contribution in [0.2, 0.25) is 0 Å². The maximum atomic E-state index is 14.0. The highest BCUT2D eigenvalue weighted by Gasteiger charge is 2.30. The molecule has 2 aromatic heterocycles. The molecule has 53 heavy (non-hydrogen) atoms. The van der Waals surface area contributed by atoms with E-state index in [2.05, 4.69) is 84.5 Å². The molecule has 1 atom stereocenters. The summed E-state index contributed by atoms with van der Waals surface area (Å²) < 4.78 is 14.5. The predicted octanol–water partition coefficient (Wildman–Crippen LogP) is 7.03. The molecule has 0 aliphatic carbocycles. The Morgan fingerprint density at radius 3 is 2.32 bits per heavy atom. The molecule has 1 amide bonds. The van der Waals surface area contributed by atoms with Crippen molar-refractivity contribution in [1.82, 2.24) is 30.0 Å². The molecule has 3 heterocycles. The molecule has 1 saturated heterocycles. The van der Waals surface area contributed by atoms with Crippen molar-refractivity contribution in [2.45, 2.75) is 127 Å². The van der Waals surface area contributed by atoms with E-state index in [4.69, 9.17) is 9.47 Å². The number of rotatable bonds is 17. The van der Waals surface area contributed by atoms with Crippen LogP contribution in [0.25, 0.3) is 5.69 Å². The zero-order chi connectivity index (χ0) is 38.3. The van der Waals surface area contributed by atoms with Crippen molar-refractivity contribution >= 4 is 35.1 Å². The van der Waals surface area contributed by atoms with Gasteiger partial charge in [-0.2, -0.15) is 0 Å². The Kier molecular flexibility index (Phi) is 12.7. The lowest BCUT2D eigenvalue weighted by atomic mass is 9.76. The summed E-state index contributed by atoms with van der Waals surface area (Å²) in [4.78, 5) is 42.4. The number of hydrogen-bond donors (Lipinski definition) is 2.